The molecule has 0 aliphatic heterocycles. The Hall–Kier alpha value is -3.42. The lowest BCUT2D eigenvalue weighted by Gasteiger charge is -2.11. The minimum atomic E-state index is -0.572. The molecular weight excluding hydrogens is 327 g/mol. The van der Waals surface area contributed by atoms with Gasteiger partial charge in [-0.15, -0.1) is 0 Å². The Kier molecular flexibility index (Phi) is 4.60. The minimum Gasteiger partial charge on any atom is -0.468 e. The van der Waals surface area contributed by atoms with Gasteiger partial charge in [0, 0.05) is 12.4 Å². The third-order valence-electron chi connectivity index (χ3n) is 3.54. The second-order valence-electron chi connectivity index (χ2n) is 5.09. The molecule has 0 saturated heterocycles. The van der Waals surface area contributed by atoms with Gasteiger partial charge in [0.1, 0.15) is 23.6 Å². The number of methoxy groups -OCH3 is 1. The number of nitrogens with one attached hydrogen (secondary N) is 1. The summed E-state index contributed by atoms with van der Waals surface area (Å²) in [5.41, 5.74) is 0.404. The van der Waals surface area contributed by atoms with Crippen LogP contribution in [0.25, 0.3) is 11.5 Å². The van der Waals surface area contributed by atoms with E-state index in [1.54, 1.807) is 47.3 Å². The van der Waals surface area contributed by atoms with Gasteiger partial charge in [-0.1, -0.05) is 12.1 Å². The fourth-order valence-electron chi connectivity index (χ4n) is 2.35. The maximum Gasteiger partial charge on any atom is 0.325 e. The molecule has 128 valence electrons. The van der Waals surface area contributed by atoms with Crippen molar-refractivity contribution >= 4 is 11.9 Å². The van der Waals surface area contributed by atoms with Gasteiger partial charge in [-0.3, -0.25) is 9.59 Å². The predicted molar refractivity (Wildman–Crippen MR) is 87.2 cm³/mol. The number of hydrogen-bond acceptors (Lipinski definition) is 4. The Balaban J connectivity index is 2.04. The van der Waals surface area contributed by atoms with E-state index in [9.17, 15) is 14.0 Å². The summed E-state index contributed by atoms with van der Waals surface area (Å²) < 4.78 is 21.7. The lowest BCUT2D eigenvalue weighted by molar-refractivity contribution is -0.139. The summed E-state index contributed by atoms with van der Waals surface area (Å²) in [6.07, 6.45) is 4.76. The van der Waals surface area contributed by atoms with Crippen molar-refractivity contribution in [3.8, 4) is 11.5 Å². The minimum absolute atomic E-state index is 0.198. The number of hydrogen-bond donors (Lipinski definition) is 1. The number of carbonyl (C=O) groups is 2. The fourth-order valence-corrected chi connectivity index (χ4v) is 2.35. The summed E-state index contributed by atoms with van der Waals surface area (Å²) in [6.45, 7) is -0.272. The molecule has 3 aromatic rings. The van der Waals surface area contributed by atoms with Gasteiger partial charge in [0.05, 0.1) is 13.3 Å². The van der Waals surface area contributed by atoms with Crippen LogP contribution in [0.15, 0.2) is 55.0 Å². The molecule has 7 nitrogen and oxygen atoms in total. The van der Waals surface area contributed by atoms with Crippen molar-refractivity contribution in [2.24, 2.45) is 0 Å². The highest BCUT2D eigenvalue weighted by atomic mass is 19.1. The maximum absolute atomic E-state index is 14.2. The molecule has 0 aliphatic rings. The molecule has 25 heavy (non-hydrogen) atoms. The summed E-state index contributed by atoms with van der Waals surface area (Å²) in [5.74, 6) is -1.20. The van der Waals surface area contributed by atoms with Crippen LogP contribution < -0.4 is 5.32 Å². The van der Waals surface area contributed by atoms with E-state index in [0.29, 0.717) is 5.82 Å². The highest BCUT2D eigenvalue weighted by molar-refractivity contribution is 5.98. The van der Waals surface area contributed by atoms with Crippen LogP contribution in [-0.4, -0.2) is 39.9 Å². The molecule has 2 heterocycles. The number of aromatic nitrogens is 3. The number of benzene rings is 1. The number of carbonyl (C=O) groups excluding carboxylic acids is 2. The Morgan fingerprint density at radius 1 is 1.20 bits per heavy atom. The fraction of sp³-hybridized carbons (Fsp3) is 0.118. The van der Waals surface area contributed by atoms with Gasteiger partial charge in [0.2, 0.25) is 0 Å². The van der Waals surface area contributed by atoms with Gasteiger partial charge in [0.15, 0.2) is 5.82 Å². The lowest BCUT2D eigenvalue weighted by atomic mass is 10.2. The average molecular weight is 342 g/mol. The number of rotatable bonds is 5. The van der Waals surface area contributed by atoms with Crippen molar-refractivity contribution in [1.29, 1.82) is 0 Å². The van der Waals surface area contributed by atoms with Crippen molar-refractivity contribution < 1.29 is 18.7 Å². The first kappa shape index (κ1) is 16.4. The molecule has 0 fully saturated rings. The van der Waals surface area contributed by atoms with E-state index in [1.807, 2.05) is 0 Å². The number of esters is 1. The molecule has 0 unspecified atom stereocenters. The molecular formula is C17H15FN4O3. The molecule has 2 aromatic heterocycles. The van der Waals surface area contributed by atoms with Crippen LogP contribution in [0.2, 0.25) is 0 Å². The van der Waals surface area contributed by atoms with Crippen LogP contribution >= 0.6 is 0 Å². The van der Waals surface area contributed by atoms with Crippen molar-refractivity contribution in [3.63, 3.8) is 0 Å². The summed E-state index contributed by atoms with van der Waals surface area (Å²) in [4.78, 5) is 23.7. The highest BCUT2D eigenvalue weighted by Crippen LogP contribution is 2.21. The van der Waals surface area contributed by atoms with E-state index in [-0.39, 0.29) is 17.8 Å². The van der Waals surface area contributed by atoms with Gasteiger partial charge in [-0.25, -0.2) is 9.07 Å². The quantitative estimate of drug-likeness (QED) is 0.716. The van der Waals surface area contributed by atoms with Crippen LogP contribution in [0, 0.1) is 5.82 Å². The largest absolute Gasteiger partial charge is 0.468 e. The molecule has 1 N–H and O–H groups in total. The maximum atomic E-state index is 14.2. The van der Waals surface area contributed by atoms with Crippen LogP contribution in [-0.2, 0) is 9.53 Å². The standard InChI is InChI=1S/C17H15FN4O3/c1-25-15(23)11-19-16(24)12-10-20-22(14-7-3-2-6-13(14)18)17(12)21-8-4-5-9-21/h2-10H,11H2,1H3,(H,19,24). The molecule has 1 aromatic carbocycles. The zero-order valence-corrected chi connectivity index (χ0v) is 13.3. The normalized spacial score (nSPS) is 10.5. The predicted octanol–water partition coefficient (Wildman–Crippen LogP) is 1.70. The molecule has 0 bridgehead atoms. The first-order valence-electron chi connectivity index (χ1n) is 7.43. The first-order chi connectivity index (χ1) is 12.1. The molecule has 1 amide bonds. The van der Waals surface area contributed by atoms with E-state index in [4.69, 9.17) is 0 Å². The molecule has 0 spiro atoms. The molecule has 3 rings (SSSR count). The van der Waals surface area contributed by atoms with Gasteiger partial charge < -0.3 is 14.6 Å². The third-order valence-corrected chi connectivity index (χ3v) is 3.54. The molecule has 0 saturated carbocycles. The molecule has 8 heteroatoms. The van der Waals surface area contributed by atoms with Crippen molar-refractivity contribution in [3.05, 3.63) is 66.4 Å². The molecule has 0 atom stereocenters. The zero-order valence-electron chi connectivity index (χ0n) is 13.3. The smallest absolute Gasteiger partial charge is 0.325 e. The second kappa shape index (κ2) is 7.00. The summed E-state index contributed by atoms with van der Waals surface area (Å²) in [7, 11) is 1.23. The Labute approximate surface area is 142 Å². The van der Waals surface area contributed by atoms with Crippen molar-refractivity contribution in [1.82, 2.24) is 19.7 Å². The Morgan fingerprint density at radius 3 is 2.60 bits per heavy atom. The van der Waals surface area contributed by atoms with Gasteiger partial charge in [0.25, 0.3) is 5.91 Å². The number of nitrogens with zero attached hydrogens (tertiary/aromatic N) is 3. The van der Waals surface area contributed by atoms with E-state index in [2.05, 4.69) is 15.2 Å². The molecule has 0 radical (unpaired) electrons. The van der Waals surface area contributed by atoms with Crippen molar-refractivity contribution in [2.45, 2.75) is 0 Å². The highest BCUT2D eigenvalue weighted by Gasteiger charge is 2.21. The monoisotopic (exact) mass is 342 g/mol. The number of ether oxygens (including phenoxy) is 1. The summed E-state index contributed by atoms with van der Waals surface area (Å²) >= 11 is 0. The number of para-hydroxylation sites is 1. The number of amides is 1. The van der Waals surface area contributed by atoms with Crippen LogP contribution in [0.5, 0.6) is 0 Å². The lowest BCUT2D eigenvalue weighted by Crippen LogP contribution is -2.30. The van der Waals surface area contributed by atoms with E-state index < -0.39 is 17.7 Å². The van der Waals surface area contributed by atoms with Gasteiger partial charge in [-0.05, 0) is 24.3 Å². The van der Waals surface area contributed by atoms with E-state index >= 15 is 0 Å². The van der Waals surface area contributed by atoms with Crippen LogP contribution in [0.4, 0.5) is 4.39 Å². The first-order valence-corrected chi connectivity index (χ1v) is 7.43. The van der Waals surface area contributed by atoms with Crippen LogP contribution in [0.1, 0.15) is 10.4 Å². The molecule has 0 aliphatic carbocycles. The van der Waals surface area contributed by atoms with E-state index in [1.165, 1.54) is 24.1 Å². The topological polar surface area (TPSA) is 78.2 Å². The second-order valence-corrected chi connectivity index (χ2v) is 5.09. The SMILES string of the molecule is COC(=O)CNC(=O)c1cnn(-c2ccccc2F)c1-n1cccc1. The number of halogens is 1. The Bertz CT molecular complexity index is 903. The van der Waals surface area contributed by atoms with Crippen LogP contribution in [0.3, 0.4) is 0 Å². The summed E-state index contributed by atoms with van der Waals surface area (Å²) in [6, 6.07) is 9.67. The average Bonchev–Trinajstić information content (AvgIpc) is 3.28. The van der Waals surface area contributed by atoms with Gasteiger partial charge in [-0.2, -0.15) is 5.10 Å². The Morgan fingerprint density at radius 2 is 1.92 bits per heavy atom. The third kappa shape index (κ3) is 3.27. The van der Waals surface area contributed by atoms with Crippen molar-refractivity contribution in [2.75, 3.05) is 13.7 Å². The summed E-state index contributed by atoms with van der Waals surface area (Å²) in [5, 5.41) is 6.61. The van der Waals surface area contributed by atoms with Gasteiger partial charge >= 0.3 is 5.97 Å². The zero-order chi connectivity index (χ0) is 17.8. The van der Waals surface area contributed by atoms with E-state index in [0.717, 1.165) is 0 Å².